The number of rotatable bonds is 8. The topological polar surface area (TPSA) is 57.2 Å². The van der Waals surface area contributed by atoms with Crippen LogP contribution in [-0.4, -0.2) is 51.4 Å². The Bertz CT molecular complexity index is 874. The molecular weight excluding hydrogens is 429 g/mol. The highest BCUT2D eigenvalue weighted by molar-refractivity contribution is 6.35. The van der Waals surface area contributed by atoms with E-state index in [1.165, 1.54) is 21.3 Å². The lowest BCUT2D eigenvalue weighted by Gasteiger charge is -2.27. The zero-order chi connectivity index (χ0) is 21.7. The summed E-state index contributed by atoms with van der Waals surface area (Å²) in [7, 11) is 4.56. The monoisotopic (exact) mass is 453 g/mol. The Morgan fingerprint density at radius 1 is 1.10 bits per heavy atom. The summed E-state index contributed by atoms with van der Waals surface area (Å²) in [5.74, 6) is 1.09. The van der Waals surface area contributed by atoms with Gasteiger partial charge < -0.3 is 23.8 Å². The molecule has 1 saturated heterocycles. The first-order valence-electron chi connectivity index (χ1n) is 9.61. The second-order valence-electron chi connectivity index (χ2n) is 6.97. The molecule has 0 aromatic heterocycles. The molecule has 2 aromatic carbocycles. The zero-order valence-corrected chi connectivity index (χ0v) is 18.8. The lowest BCUT2D eigenvalue weighted by atomic mass is 10.1. The number of ether oxygens (including phenoxy) is 4. The minimum atomic E-state index is -0.184. The van der Waals surface area contributed by atoms with Gasteiger partial charge in [0.05, 0.1) is 27.4 Å². The average Bonchev–Trinajstić information content (AvgIpc) is 3.26. The summed E-state index contributed by atoms with van der Waals surface area (Å²) in [6, 6.07) is 8.56. The molecule has 0 aliphatic carbocycles. The van der Waals surface area contributed by atoms with Crippen LogP contribution >= 0.6 is 23.2 Å². The number of carbonyl (C=O) groups excluding carboxylic acids is 1. The van der Waals surface area contributed by atoms with Crippen molar-refractivity contribution in [3.05, 3.63) is 51.5 Å². The average molecular weight is 454 g/mol. The Kier molecular flexibility index (Phi) is 7.69. The SMILES string of the molecule is COc1cc(C(=O)N(Cc2ccc(Cl)cc2Cl)CC2CCCO2)cc(OC)c1OC. The van der Waals surface area contributed by atoms with E-state index in [1.807, 2.05) is 6.07 Å². The van der Waals surface area contributed by atoms with Crippen LogP contribution in [0.1, 0.15) is 28.8 Å². The first kappa shape index (κ1) is 22.5. The molecule has 0 spiro atoms. The predicted octanol–water partition coefficient (Wildman–Crippen LogP) is 4.84. The van der Waals surface area contributed by atoms with Crippen LogP contribution in [0.4, 0.5) is 0 Å². The third kappa shape index (κ3) is 5.12. The fourth-order valence-electron chi connectivity index (χ4n) is 3.50. The van der Waals surface area contributed by atoms with Crippen molar-refractivity contribution in [3.63, 3.8) is 0 Å². The molecule has 1 fully saturated rings. The summed E-state index contributed by atoms with van der Waals surface area (Å²) < 4.78 is 21.9. The summed E-state index contributed by atoms with van der Waals surface area (Å²) in [5.41, 5.74) is 1.23. The van der Waals surface area contributed by atoms with E-state index >= 15 is 0 Å². The van der Waals surface area contributed by atoms with Crippen molar-refractivity contribution in [2.75, 3.05) is 34.5 Å². The largest absolute Gasteiger partial charge is 0.493 e. The second-order valence-corrected chi connectivity index (χ2v) is 7.81. The molecule has 0 saturated carbocycles. The Balaban J connectivity index is 1.94. The van der Waals surface area contributed by atoms with Crippen molar-refractivity contribution < 1.29 is 23.7 Å². The van der Waals surface area contributed by atoms with Gasteiger partial charge in [0.25, 0.3) is 5.91 Å². The van der Waals surface area contributed by atoms with E-state index in [1.54, 1.807) is 29.2 Å². The lowest BCUT2D eigenvalue weighted by Crippen LogP contribution is -2.37. The zero-order valence-electron chi connectivity index (χ0n) is 17.2. The van der Waals surface area contributed by atoms with Crippen molar-refractivity contribution in [2.45, 2.75) is 25.5 Å². The number of methoxy groups -OCH3 is 3. The summed E-state index contributed by atoms with van der Waals surface area (Å²) in [5, 5.41) is 1.06. The van der Waals surface area contributed by atoms with E-state index in [4.69, 9.17) is 42.1 Å². The third-order valence-electron chi connectivity index (χ3n) is 5.02. The number of halogens is 2. The molecular formula is C22H25Cl2NO5. The summed E-state index contributed by atoms with van der Waals surface area (Å²) in [4.78, 5) is 15.2. The van der Waals surface area contributed by atoms with Crippen molar-refractivity contribution in [1.29, 1.82) is 0 Å². The van der Waals surface area contributed by atoms with E-state index in [0.29, 0.717) is 52.6 Å². The van der Waals surface area contributed by atoms with Gasteiger partial charge in [-0.3, -0.25) is 4.79 Å². The molecule has 0 bridgehead atoms. The molecule has 1 heterocycles. The minimum Gasteiger partial charge on any atom is -0.493 e. The number of hydrogen-bond donors (Lipinski definition) is 0. The van der Waals surface area contributed by atoms with Gasteiger partial charge in [-0.15, -0.1) is 0 Å². The quantitative estimate of drug-likeness (QED) is 0.572. The van der Waals surface area contributed by atoms with Crippen LogP contribution in [0.5, 0.6) is 17.2 Å². The highest BCUT2D eigenvalue weighted by Gasteiger charge is 2.26. The molecule has 2 aromatic rings. The summed E-state index contributed by atoms with van der Waals surface area (Å²) in [6.45, 7) is 1.48. The number of benzene rings is 2. The van der Waals surface area contributed by atoms with E-state index in [-0.39, 0.29) is 12.0 Å². The van der Waals surface area contributed by atoms with Crippen molar-refractivity contribution >= 4 is 29.1 Å². The molecule has 1 aliphatic heterocycles. The Labute approximate surface area is 186 Å². The second kappa shape index (κ2) is 10.2. The maximum atomic E-state index is 13.5. The minimum absolute atomic E-state index is 0.0120. The molecule has 162 valence electrons. The van der Waals surface area contributed by atoms with Crippen molar-refractivity contribution in [3.8, 4) is 17.2 Å². The van der Waals surface area contributed by atoms with Crippen LogP contribution in [0.3, 0.4) is 0 Å². The Morgan fingerprint density at radius 3 is 2.33 bits per heavy atom. The van der Waals surface area contributed by atoms with E-state index < -0.39 is 0 Å². The third-order valence-corrected chi connectivity index (χ3v) is 5.61. The van der Waals surface area contributed by atoms with Crippen LogP contribution in [0.2, 0.25) is 10.0 Å². The smallest absolute Gasteiger partial charge is 0.254 e. The Hall–Kier alpha value is -2.15. The summed E-state index contributed by atoms with van der Waals surface area (Å²) >= 11 is 12.4. The van der Waals surface area contributed by atoms with E-state index in [0.717, 1.165) is 18.4 Å². The highest BCUT2D eigenvalue weighted by atomic mass is 35.5. The van der Waals surface area contributed by atoms with Gasteiger partial charge in [0.2, 0.25) is 5.75 Å². The van der Waals surface area contributed by atoms with E-state index in [9.17, 15) is 4.79 Å². The van der Waals surface area contributed by atoms with Crippen LogP contribution in [0.25, 0.3) is 0 Å². The van der Waals surface area contributed by atoms with Gasteiger partial charge in [-0.05, 0) is 42.7 Å². The van der Waals surface area contributed by atoms with Gasteiger partial charge in [-0.1, -0.05) is 29.3 Å². The standard InChI is InChI=1S/C22H25Cl2NO5/c1-27-19-9-15(10-20(28-2)21(19)29-3)22(26)25(13-17-5-4-8-30-17)12-14-6-7-16(23)11-18(14)24/h6-7,9-11,17H,4-5,8,12-13H2,1-3H3. The molecule has 1 amide bonds. The number of carbonyl (C=O) groups is 1. The molecule has 6 nitrogen and oxygen atoms in total. The predicted molar refractivity (Wildman–Crippen MR) is 116 cm³/mol. The van der Waals surface area contributed by atoms with Gasteiger partial charge >= 0.3 is 0 Å². The van der Waals surface area contributed by atoms with Gasteiger partial charge in [0.15, 0.2) is 11.5 Å². The van der Waals surface area contributed by atoms with Crippen molar-refractivity contribution in [1.82, 2.24) is 4.90 Å². The lowest BCUT2D eigenvalue weighted by molar-refractivity contribution is 0.0507. The Morgan fingerprint density at radius 2 is 1.80 bits per heavy atom. The molecule has 8 heteroatoms. The number of hydrogen-bond acceptors (Lipinski definition) is 5. The molecule has 1 aliphatic rings. The summed E-state index contributed by atoms with van der Waals surface area (Å²) in [6.07, 6.45) is 1.88. The maximum Gasteiger partial charge on any atom is 0.254 e. The van der Waals surface area contributed by atoms with Gasteiger partial charge in [-0.2, -0.15) is 0 Å². The molecule has 0 N–H and O–H groups in total. The normalized spacial score (nSPS) is 15.7. The molecule has 30 heavy (non-hydrogen) atoms. The van der Waals surface area contributed by atoms with E-state index in [2.05, 4.69) is 0 Å². The molecule has 3 rings (SSSR count). The van der Waals surface area contributed by atoms with Gasteiger partial charge in [0.1, 0.15) is 0 Å². The molecule has 1 unspecified atom stereocenters. The first-order valence-corrected chi connectivity index (χ1v) is 10.4. The fourth-order valence-corrected chi connectivity index (χ4v) is 3.96. The van der Waals surface area contributed by atoms with Crippen molar-refractivity contribution in [2.24, 2.45) is 0 Å². The first-order chi connectivity index (χ1) is 14.5. The fraction of sp³-hybridized carbons (Fsp3) is 0.409. The highest BCUT2D eigenvalue weighted by Crippen LogP contribution is 2.38. The van der Waals surface area contributed by atoms with Gasteiger partial charge in [-0.25, -0.2) is 0 Å². The van der Waals surface area contributed by atoms with Crippen LogP contribution < -0.4 is 14.2 Å². The van der Waals surface area contributed by atoms with Crippen LogP contribution in [0, 0.1) is 0 Å². The van der Waals surface area contributed by atoms with Gasteiger partial charge in [0, 0.05) is 35.3 Å². The van der Waals surface area contributed by atoms with Crippen LogP contribution in [0.15, 0.2) is 30.3 Å². The molecule has 1 atom stereocenters. The molecule has 0 radical (unpaired) electrons. The number of nitrogens with zero attached hydrogens (tertiary/aromatic N) is 1. The van der Waals surface area contributed by atoms with Crippen LogP contribution in [-0.2, 0) is 11.3 Å². The number of amides is 1. The maximum absolute atomic E-state index is 13.5.